The van der Waals surface area contributed by atoms with Gasteiger partial charge in [-0.1, -0.05) is 53.2 Å². The molecule has 208 valence electrons. The summed E-state index contributed by atoms with van der Waals surface area (Å²) < 4.78 is 34.6. The zero-order chi connectivity index (χ0) is 28.6. The number of rotatable bonds is 12. The maximum Gasteiger partial charge on any atom is 0.264 e. The highest BCUT2D eigenvalue weighted by Crippen LogP contribution is 2.26. The minimum absolute atomic E-state index is 0.0602. The summed E-state index contributed by atoms with van der Waals surface area (Å²) in [6.45, 7) is 5.12. The molecule has 0 saturated heterocycles. The summed E-state index contributed by atoms with van der Waals surface area (Å²) in [7, 11) is -2.53. The number of nitrogens with zero attached hydrogens (tertiary/aromatic N) is 2. The van der Waals surface area contributed by atoms with E-state index < -0.39 is 28.5 Å². The number of nitrogens with one attached hydrogen (secondary N) is 1. The van der Waals surface area contributed by atoms with Crippen LogP contribution in [-0.4, -0.2) is 50.9 Å². The van der Waals surface area contributed by atoms with Gasteiger partial charge in [0, 0.05) is 17.1 Å². The molecule has 0 heterocycles. The minimum Gasteiger partial charge on any atom is -0.497 e. The second kappa shape index (κ2) is 13.6. The van der Waals surface area contributed by atoms with Crippen molar-refractivity contribution in [3.05, 3.63) is 88.9 Å². The lowest BCUT2D eigenvalue weighted by Gasteiger charge is -2.32. The molecule has 0 bridgehead atoms. The SMILES string of the molecule is CC[C@H](C)NC(=O)[C@@H](C)N(Cc1ccc(OC)cc1)C(=O)CN(c1ccc(Br)cc1)S(=O)(=O)c1ccccc1. The van der Waals surface area contributed by atoms with Crippen LogP contribution in [0.2, 0.25) is 0 Å². The van der Waals surface area contributed by atoms with E-state index in [1.807, 2.05) is 26.0 Å². The van der Waals surface area contributed by atoms with Gasteiger partial charge in [-0.05, 0) is 74.4 Å². The van der Waals surface area contributed by atoms with Crippen molar-refractivity contribution in [1.29, 1.82) is 0 Å². The summed E-state index contributed by atoms with van der Waals surface area (Å²) >= 11 is 3.38. The number of carbonyl (C=O) groups excluding carboxylic acids is 2. The van der Waals surface area contributed by atoms with Gasteiger partial charge in [0.2, 0.25) is 11.8 Å². The summed E-state index contributed by atoms with van der Waals surface area (Å²) in [5.74, 6) is -0.165. The van der Waals surface area contributed by atoms with E-state index in [2.05, 4.69) is 21.2 Å². The number of methoxy groups -OCH3 is 1. The van der Waals surface area contributed by atoms with E-state index in [0.29, 0.717) is 11.4 Å². The lowest BCUT2D eigenvalue weighted by molar-refractivity contribution is -0.139. The van der Waals surface area contributed by atoms with Crippen LogP contribution in [-0.2, 0) is 26.2 Å². The fraction of sp³-hybridized carbons (Fsp3) is 0.310. The van der Waals surface area contributed by atoms with Gasteiger partial charge in [0.1, 0.15) is 18.3 Å². The van der Waals surface area contributed by atoms with Crippen LogP contribution < -0.4 is 14.4 Å². The van der Waals surface area contributed by atoms with Crippen LogP contribution in [0.3, 0.4) is 0 Å². The Bertz CT molecular complexity index is 1350. The number of hydrogen-bond donors (Lipinski definition) is 1. The molecule has 39 heavy (non-hydrogen) atoms. The predicted molar refractivity (Wildman–Crippen MR) is 156 cm³/mol. The van der Waals surface area contributed by atoms with Gasteiger partial charge < -0.3 is 15.0 Å². The van der Waals surface area contributed by atoms with Crippen LogP contribution in [0.1, 0.15) is 32.8 Å². The maximum atomic E-state index is 13.9. The molecule has 2 atom stereocenters. The maximum absolute atomic E-state index is 13.9. The Balaban J connectivity index is 2.00. The molecule has 0 fully saturated rings. The average molecular weight is 617 g/mol. The van der Waals surface area contributed by atoms with Gasteiger partial charge in [-0.15, -0.1) is 0 Å². The third-order valence-corrected chi connectivity index (χ3v) is 8.72. The number of halogens is 1. The summed E-state index contributed by atoms with van der Waals surface area (Å²) in [6.07, 6.45) is 0.734. The van der Waals surface area contributed by atoms with Crippen LogP contribution in [0.4, 0.5) is 5.69 Å². The number of sulfonamides is 1. The normalized spacial score (nSPS) is 12.7. The van der Waals surface area contributed by atoms with Crippen molar-refractivity contribution in [2.45, 2.75) is 50.7 Å². The number of hydrogen-bond acceptors (Lipinski definition) is 5. The molecule has 0 aliphatic carbocycles. The first kappa shape index (κ1) is 30.2. The molecule has 0 spiro atoms. The highest BCUT2D eigenvalue weighted by atomic mass is 79.9. The van der Waals surface area contributed by atoms with Crippen molar-refractivity contribution in [2.24, 2.45) is 0 Å². The van der Waals surface area contributed by atoms with Crippen molar-refractivity contribution < 1.29 is 22.7 Å². The molecule has 3 aromatic rings. The smallest absolute Gasteiger partial charge is 0.264 e. The van der Waals surface area contributed by atoms with Crippen molar-refractivity contribution in [2.75, 3.05) is 18.0 Å². The van der Waals surface area contributed by atoms with Gasteiger partial charge in [0.25, 0.3) is 10.0 Å². The molecule has 1 N–H and O–H groups in total. The quantitative estimate of drug-likeness (QED) is 0.310. The van der Waals surface area contributed by atoms with E-state index >= 15 is 0 Å². The lowest BCUT2D eigenvalue weighted by Crippen LogP contribution is -2.52. The zero-order valence-electron chi connectivity index (χ0n) is 22.5. The van der Waals surface area contributed by atoms with Crippen molar-refractivity contribution in [3.8, 4) is 5.75 Å². The van der Waals surface area contributed by atoms with Gasteiger partial charge in [-0.25, -0.2) is 8.42 Å². The first-order valence-electron chi connectivity index (χ1n) is 12.6. The Morgan fingerprint density at radius 2 is 1.56 bits per heavy atom. The third-order valence-electron chi connectivity index (χ3n) is 6.40. The van der Waals surface area contributed by atoms with E-state index in [-0.39, 0.29) is 23.4 Å². The molecule has 3 rings (SSSR count). The van der Waals surface area contributed by atoms with Gasteiger partial charge in [0.15, 0.2) is 0 Å². The third kappa shape index (κ3) is 7.83. The molecule has 2 amide bonds. The number of amides is 2. The largest absolute Gasteiger partial charge is 0.497 e. The molecule has 3 aromatic carbocycles. The van der Waals surface area contributed by atoms with Gasteiger partial charge >= 0.3 is 0 Å². The topological polar surface area (TPSA) is 96.0 Å². The second-order valence-electron chi connectivity index (χ2n) is 9.16. The first-order valence-corrected chi connectivity index (χ1v) is 14.9. The number of benzene rings is 3. The predicted octanol–water partition coefficient (Wildman–Crippen LogP) is 4.99. The fourth-order valence-corrected chi connectivity index (χ4v) is 5.53. The van der Waals surface area contributed by atoms with E-state index in [0.717, 1.165) is 20.8 Å². The number of anilines is 1. The molecule has 0 aliphatic heterocycles. The van der Waals surface area contributed by atoms with Crippen molar-refractivity contribution >= 4 is 43.5 Å². The van der Waals surface area contributed by atoms with E-state index in [4.69, 9.17) is 4.74 Å². The molecule has 0 aliphatic rings. The zero-order valence-corrected chi connectivity index (χ0v) is 24.9. The standard InChI is InChI=1S/C29H34BrN3O5S/c1-5-21(2)31-29(35)22(3)32(19-23-11-17-26(38-4)18-12-23)28(34)20-33(25-15-13-24(30)14-16-25)39(36,37)27-9-7-6-8-10-27/h6-18,21-22H,5,19-20H2,1-4H3,(H,31,35)/t21-,22+/m0/s1. The minimum atomic E-state index is -4.09. The van der Waals surface area contributed by atoms with Crippen LogP contribution in [0.5, 0.6) is 5.75 Å². The molecular weight excluding hydrogens is 582 g/mol. The van der Waals surface area contributed by atoms with Crippen molar-refractivity contribution in [3.63, 3.8) is 0 Å². The van der Waals surface area contributed by atoms with Crippen molar-refractivity contribution in [1.82, 2.24) is 10.2 Å². The molecule has 0 unspecified atom stereocenters. The van der Waals surface area contributed by atoms with E-state index in [9.17, 15) is 18.0 Å². The van der Waals surface area contributed by atoms with Gasteiger partial charge in [-0.2, -0.15) is 0 Å². The Kier molecular flexibility index (Phi) is 10.5. The summed E-state index contributed by atoms with van der Waals surface area (Å²) in [5, 5.41) is 2.93. The summed E-state index contributed by atoms with van der Waals surface area (Å²) in [4.78, 5) is 28.5. The average Bonchev–Trinajstić information content (AvgIpc) is 2.95. The van der Waals surface area contributed by atoms with Crippen LogP contribution in [0.25, 0.3) is 0 Å². The van der Waals surface area contributed by atoms with Crippen LogP contribution >= 0.6 is 15.9 Å². The summed E-state index contributed by atoms with van der Waals surface area (Å²) in [5.41, 5.74) is 1.10. The highest BCUT2D eigenvalue weighted by molar-refractivity contribution is 9.10. The second-order valence-corrected chi connectivity index (χ2v) is 11.9. The molecule has 10 heteroatoms. The first-order chi connectivity index (χ1) is 18.6. The Morgan fingerprint density at radius 3 is 2.13 bits per heavy atom. The number of ether oxygens (including phenoxy) is 1. The molecule has 0 saturated carbocycles. The Hall–Kier alpha value is -3.37. The Morgan fingerprint density at radius 1 is 0.949 bits per heavy atom. The van der Waals surface area contributed by atoms with Crippen LogP contribution in [0.15, 0.2) is 88.2 Å². The molecular formula is C29H34BrN3O5S. The molecule has 0 aromatic heterocycles. The number of carbonyl (C=O) groups is 2. The fourth-order valence-electron chi connectivity index (χ4n) is 3.83. The molecule has 0 radical (unpaired) electrons. The molecule has 8 nitrogen and oxygen atoms in total. The lowest BCUT2D eigenvalue weighted by atomic mass is 10.1. The Labute approximate surface area is 239 Å². The van der Waals surface area contributed by atoms with E-state index in [1.54, 1.807) is 68.6 Å². The monoisotopic (exact) mass is 615 g/mol. The summed E-state index contributed by atoms with van der Waals surface area (Å²) in [6, 6.07) is 20.9. The highest BCUT2D eigenvalue weighted by Gasteiger charge is 2.32. The van der Waals surface area contributed by atoms with Crippen LogP contribution in [0, 0.1) is 0 Å². The van der Waals surface area contributed by atoms with E-state index in [1.165, 1.54) is 17.0 Å². The van der Waals surface area contributed by atoms with Gasteiger partial charge in [-0.3, -0.25) is 13.9 Å². The van der Waals surface area contributed by atoms with Gasteiger partial charge in [0.05, 0.1) is 17.7 Å².